The van der Waals surface area contributed by atoms with Crippen LogP contribution in [0.2, 0.25) is 0 Å². The van der Waals surface area contributed by atoms with Crippen molar-refractivity contribution in [1.82, 2.24) is 0 Å². The van der Waals surface area contributed by atoms with Gasteiger partial charge in [-0.05, 0) is 24.3 Å². The van der Waals surface area contributed by atoms with E-state index < -0.39 is 0 Å². The highest BCUT2D eigenvalue weighted by molar-refractivity contribution is 5.88. The lowest BCUT2D eigenvalue weighted by Gasteiger charge is -2.23. The summed E-state index contributed by atoms with van der Waals surface area (Å²) in [5.41, 5.74) is 63.4. The van der Waals surface area contributed by atoms with E-state index in [9.17, 15) is 0 Å². The maximum atomic E-state index is 7.66. The van der Waals surface area contributed by atoms with Crippen LogP contribution in [-0.4, -0.2) is 108 Å². The van der Waals surface area contributed by atoms with Gasteiger partial charge in [0.2, 0.25) is 0 Å². The predicted octanol–water partition coefficient (Wildman–Crippen LogP) is -2.01. The minimum absolute atomic E-state index is 0.00388. The van der Waals surface area contributed by atoms with Crippen LogP contribution in [0.4, 0.5) is 0 Å². The number of hydrogen-bond acceptors (Lipinski definition) is 12. The number of nitrogens with two attached hydrogens (primary N) is 11. The zero-order valence-corrected chi connectivity index (χ0v) is 32.6. The summed E-state index contributed by atoms with van der Waals surface area (Å²) in [5, 5.41) is 7.66. The van der Waals surface area contributed by atoms with Gasteiger partial charge in [0.25, 0.3) is 0 Å². The number of hydrogen-bond donors (Lipinski definition) is 12. The normalized spacial score (nSPS) is 10.3. The van der Waals surface area contributed by atoms with Crippen LogP contribution in [-0.2, 0) is 0 Å². The van der Waals surface area contributed by atoms with Crippen LogP contribution >= 0.6 is 0 Å². The summed E-state index contributed by atoms with van der Waals surface area (Å²) < 4.78 is 37.7. The third-order valence-corrected chi connectivity index (χ3v) is 7.45. The minimum atomic E-state index is -0.123. The van der Waals surface area contributed by atoms with E-state index >= 15 is 0 Å². The maximum Gasteiger partial charge on any atom is 0.186 e. The average Bonchev–Trinajstić information content (AvgIpc) is 3.17. The Morgan fingerprint density at radius 1 is 0.373 bits per heavy atom. The second-order valence-electron chi connectivity index (χ2n) is 12.0. The van der Waals surface area contributed by atoms with E-state index in [-0.39, 0.29) is 126 Å². The zero-order valence-electron chi connectivity index (χ0n) is 32.6. The molecule has 3 aromatic carbocycles. The monoisotopic (exact) mass is 821 g/mol. The molecular weight excluding hydrogens is 767 g/mol. The number of guanidine groups is 5. The summed E-state index contributed by atoms with van der Waals surface area (Å²) in [7, 11) is 0. The zero-order chi connectivity index (χ0) is 43.2. The first-order valence-corrected chi connectivity index (χ1v) is 18.1. The second kappa shape index (κ2) is 24.0. The highest BCUT2D eigenvalue weighted by atomic mass is 16.5. The predicted molar refractivity (Wildman–Crippen MR) is 230 cm³/mol. The van der Waals surface area contributed by atoms with Crippen molar-refractivity contribution in [2.24, 2.45) is 88.0 Å². The van der Waals surface area contributed by atoms with Crippen molar-refractivity contribution in [3.8, 4) is 56.8 Å². The summed E-state index contributed by atoms with van der Waals surface area (Å²) >= 11 is 0. The van der Waals surface area contributed by atoms with Crippen LogP contribution in [0.15, 0.2) is 73.5 Å². The first kappa shape index (κ1) is 45.7. The van der Waals surface area contributed by atoms with Gasteiger partial charge in [-0.2, -0.15) is 0 Å². The number of nitrogens with zero attached hydrogens (tertiary/aromatic N) is 5. The fourth-order valence-electron chi connectivity index (χ4n) is 5.15. The molecule has 0 spiro atoms. The van der Waals surface area contributed by atoms with Gasteiger partial charge in [0.1, 0.15) is 33.0 Å². The van der Waals surface area contributed by atoms with Gasteiger partial charge < -0.3 is 91.5 Å². The van der Waals surface area contributed by atoms with Crippen molar-refractivity contribution < 1.29 is 28.4 Å². The van der Waals surface area contributed by atoms with Gasteiger partial charge in [-0.1, -0.05) is 24.3 Å². The van der Waals surface area contributed by atoms with E-state index in [0.29, 0.717) is 45.3 Å². The van der Waals surface area contributed by atoms with Crippen LogP contribution in [0.3, 0.4) is 0 Å². The molecule has 23 N–H and O–H groups in total. The SMILES string of the molecule is N=C(N)CCOc1cccc(-c2ccc(-c3cccc(OCCN=C(N)N)c3OCCN=C(N)N)c(OCCN=C(N)N)c2OCCN=C(N)N)c1OCCN=C(N)N. The summed E-state index contributed by atoms with van der Waals surface area (Å²) in [6, 6.07) is 14.2. The lowest BCUT2D eigenvalue weighted by atomic mass is 9.96. The highest BCUT2D eigenvalue weighted by Crippen LogP contribution is 2.51. The molecule has 320 valence electrons. The highest BCUT2D eigenvalue weighted by Gasteiger charge is 2.26. The van der Waals surface area contributed by atoms with Crippen LogP contribution < -0.4 is 91.5 Å². The Balaban J connectivity index is 2.36. The molecule has 23 nitrogen and oxygen atoms in total. The maximum absolute atomic E-state index is 7.66. The summed E-state index contributed by atoms with van der Waals surface area (Å²) in [6.45, 7) is 0.986. The molecule has 0 saturated carbocycles. The van der Waals surface area contributed by atoms with Crippen LogP contribution in [0, 0.1) is 5.41 Å². The lowest BCUT2D eigenvalue weighted by molar-refractivity contribution is 0.275. The Labute approximate surface area is 341 Å². The van der Waals surface area contributed by atoms with Crippen LogP contribution in [0.25, 0.3) is 22.3 Å². The fraction of sp³-hybridized carbons (Fsp3) is 0.333. The number of ether oxygens (including phenoxy) is 6. The van der Waals surface area contributed by atoms with Gasteiger partial charge in [0.15, 0.2) is 64.3 Å². The van der Waals surface area contributed by atoms with Crippen LogP contribution in [0.1, 0.15) is 6.42 Å². The largest absolute Gasteiger partial charge is 0.489 e. The Bertz CT molecular complexity index is 1980. The Morgan fingerprint density at radius 3 is 0.983 bits per heavy atom. The van der Waals surface area contributed by atoms with E-state index in [2.05, 4.69) is 25.0 Å². The molecule has 23 heteroatoms. The van der Waals surface area contributed by atoms with Gasteiger partial charge in [0, 0.05) is 28.7 Å². The molecule has 0 bridgehead atoms. The van der Waals surface area contributed by atoms with Gasteiger partial charge in [0.05, 0.1) is 45.2 Å². The van der Waals surface area contributed by atoms with Crippen molar-refractivity contribution in [2.45, 2.75) is 6.42 Å². The standard InChI is InChI=1S/C36H55N17O6/c37-27(38)9-15-54-25-5-1-3-21(28(25)56-17-11-50-33(41)42)23-7-8-24(31(59-20-14-53-36(47)48)30(23)58-19-13-52-35(45)46)22-4-2-6-26(55-16-10-49-32(39)40)29(22)57-18-12-51-34(43)44/h1-8H,9-20H2,(H3,37,38)(H4,39,40,49)(H4,41,42,50)(H4,43,44,51)(H4,45,46,52)(H4,47,48,53). The van der Waals surface area contributed by atoms with E-state index in [0.717, 1.165) is 0 Å². The van der Waals surface area contributed by atoms with Crippen molar-refractivity contribution in [3.05, 3.63) is 48.5 Å². The van der Waals surface area contributed by atoms with Gasteiger partial charge in [-0.25, -0.2) is 0 Å². The van der Waals surface area contributed by atoms with Crippen molar-refractivity contribution in [1.29, 1.82) is 5.41 Å². The number of rotatable bonds is 26. The average molecular weight is 822 g/mol. The molecule has 0 aromatic heterocycles. The molecule has 0 radical (unpaired) electrons. The smallest absolute Gasteiger partial charge is 0.186 e. The third-order valence-electron chi connectivity index (χ3n) is 7.45. The number of para-hydroxylation sites is 2. The fourth-order valence-corrected chi connectivity index (χ4v) is 5.15. The number of aliphatic imine (C=N–C) groups is 5. The third kappa shape index (κ3) is 15.7. The molecule has 0 heterocycles. The molecule has 0 aliphatic heterocycles. The van der Waals surface area contributed by atoms with Gasteiger partial charge >= 0.3 is 0 Å². The number of amidine groups is 1. The molecule has 0 aliphatic rings. The molecule has 0 fully saturated rings. The Morgan fingerprint density at radius 2 is 0.661 bits per heavy atom. The first-order valence-electron chi connectivity index (χ1n) is 18.1. The first-order chi connectivity index (χ1) is 28.3. The lowest BCUT2D eigenvalue weighted by Crippen LogP contribution is -2.24. The molecule has 59 heavy (non-hydrogen) atoms. The van der Waals surface area contributed by atoms with E-state index in [1.54, 1.807) is 36.4 Å². The summed E-state index contributed by atoms with van der Waals surface area (Å²) in [4.78, 5) is 20.2. The Hall–Kier alpha value is -7.72. The van der Waals surface area contributed by atoms with Crippen molar-refractivity contribution in [2.75, 3.05) is 72.4 Å². The second-order valence-corrected chi connectivity index (χ2v) is 12.0. The molecular formula is C36H55N17O6. The van der Waals surface area contributed by atoms with Crippen molar-refractivity contribution >= 4 is 35.6 Å². The minimum Gasteiger partial charge on any atom is -0.489 e. The molecule has 0 aliphatic carbocycles. The molecule has 0 atom stereocenters. The van der Waals surface area contributed by atoms with Crippen molar-refractivity contribution in [3.63, 3.8) is 0 Å². The Kier molecular flexibility index (Phi) is 18.6. The number of benzene rings is 3. The summed E-state index contributed by atoms with van der Waals surface area (Å²) in [5.74, 6) is 1.26. The van der Waals surface area contributed by atoms with E-state index in [4.69, 9.17) is 96.9 Å². The quantitative estimate of drug-likeness (QED) is 0.0236. The topological polar surface area (TPSA) is 427 Å². The molecule has 3 aromatic rings. The summed E-state index contributed by atoms with van der Waals surface area (Å²) in [6.07, 6.45) is 0.173. The molecule has 3 rings (SSSR count). The van der Waals surface area contributed by atoms with Crippen LogP contribution in [0.5, 0.6) is 34.5 Å². The number of nitrogens with one attached hydrogen (secondary N) is 1. The van der Waals surface area contributed by atoms with E-state index in [1.165, 1.54) is 0 Å². The molecule has 0 amide bonds. The van der Waals surface area contributed by atoms with E-state index in [1.807, 2.05) is 12.1 Å². The molecule has 0 unspecified atom stereocenters. The molecule has 0 saturated heterocycles. The van der Waals surface area contributed by atoms with Gasteiger partial charge in [-0.3, -0.25) is 30.4 Å². The van der Waals surface area contributed by atoms with Gasteiger partial charge in [-0.15, -0.1) is 0 Å².